The number of likely N-dealkylation sites (tertiary alicyclic amines) is 1. The van der Waals surface area contributed by atoms with Crippen LogP contribution < -0.4 is 5.73 Å². The molecule has 0 amide bonds. The Morgan fingerprint density at radius 1 is 1.16 bits per heavy atom. The van der Waals surface area contributed by atoms with Crippen molar-refractivity contribution < 1.29 is 0 Å². The first-order valence-electron chi connectivity index (χ1n) is 7.66. The Hall–Kier alpha value is -0.860. The Morgan fingerprint density at radius 2 is 1.95 bits per heavy atom. The fraction of sp³-hybridized carbons (Fsp3) is 0.647. The van der Waals surface area contributed by atoms with Crippen molar-refractivity contribution in [2.75, 3.05) is 13.1 Å². The van der Waals surface area contributed by atoms with E-state index in [4.69, 9.17) is 5.73 Å². The van der Waals surface area contributed by atoms with Gasteiger partial charge in [0.15, 0.2) is 0 Å². The normalized spacial score (nSPS) is 30.3. The van der Waals surface area contributed by atoms with Gasteiger partial charge in [0, 0.05) is 12.1 Å². The van der Waals surface area contributed by atoms with Crippen molar-refractivity contribution in [2.45, 2.75) is 57.0 Å². The topological polar surface area (TPSA) is 29.3 Å². The Labute approximate surface area is 117 Å². The van der Waals surface area contributed by atoms with Gasteiger partial charge in [-0.05, 0) is 63.6 Å². The fourth-order valence-electron chi connectivity index (χ4n) is 4.40. The molecule has 1 fully saturated rings. The van der Waals surface area contributed by atoms with Crippen LogP contribution in [-0.4, -0.2) is 23.5 Å². The third-order valence-corrected chi connectivity index (χ3v) is 5.31. The summed E-state index contributed by atoms with van der Waals surface area (Å²) in [6.45, 7) is 6.70. The van der Waals surface area contributed by atoms with Crippen LogP contribution >= 0.6 is 0 Å². The second kappa shape index (κ2) is 4.60. The first kappa shape index (κ1) is 13.1. The zero-order valence-electron chi connectivity index (χ0n) is 12.3. The summed E-state index contributed by atoms with van der Waals surface area (Å²) in [4.78, 5) is 2.71. The van der Waals surface area contributed by atoms with Crippen molar-refractivity contribution in [1.29, 1.82) is 0 Å². The number of hydrogen-bond acceptors (Lipinski definition) is 2. The Bertz CT molecular complexity index is 466. The third kappa shape index (κ3) is 1.93. The molecule has 1 aromatic carbocycles. The van der Waals surface area contributed by atoms with E-state index in [0.717, 1.165) is 6.54 Å². The van der Waals surface area contributed by atoms with Crippen LogP contribution in [0, 0.1) is 0 Å². The van der Waals surface area contributed by atoms with Gasteiger partial charge in [-0.2, -0.15) is 0 Å². The number of benzene rings is 1. The fourth-order valence-corrected chi connectivity index (χ4v) is 4.40. The van der Waals surface area contributed by atoms with Gasteiger partial charge in [0.05, 0.1) is 5.54 Å². The summed E-state index contributed by atoms with van der Waals surface area (Å²) < 4.78 is 0. The lowest BCUT2D eigenvalue weighted by atomic mass is 9.74. The Kier molecular flexibility index (Phi) is 3.18. The van der Waals surface area contributed by atoms with E-state index in [0.29, 0.717) is 0 Å². The van der Waals surface area contributed by atoms with E-state index >= 15 is 0 Å². The summed E-state index contributed by atoms with van der Waals surface area (Å²) in [5.41, 5.74) is 9.69. The van der Waals surface area contributed by atoms with E-state index in [1.165, 1.54) is 49.8 Å². The van der Waals surface area contributed by atoms with Crippen LogP contribution in [0.4, 0.5) is 0 Å². The van der Waals surface area contributed by atoms with Crippen LogP contribution in [0.25, 0.3) is 0 Å². The lowest BCUT2D eigenvalue weighted by molar-refractivity contribution is 0.0188. The van der Waals surface area contributed by atoms with Gasteiger partial charge in [-0.1, -0.05) is 24.3 Å². The standard InChI is InChI=1S/C17H26N2/c1-16(2)10-6-12-19(16)17(13-18)11-5-8-14-7-3-4-9-15(14)17/h3-4,7,9H,5-6,8,10-13,18H2,1-2H3. The molecule has 1 atom stereocenters. The van der Waals surface area contributed by atoms with E-state index < -0.39 is 0 Å². The van der Waals surface area contributed by atoms with E-state index in [-0.39, 0.29) is 11.1 Å². The number of aryl methyl sites for hydroxylation is 1. The molecule has 2 N–H and O–H groups in total. The third-order valence-electron chi connectivity index (χ3n) is 5.31. The first-order chi connectivity index (χ1) is 9.10. The van der Waals surface area contributed by atoms with Gasteiger partial charge >= 0.3 is 0 Å². The van der Waals surface area contributed by atoms with Crippen molar-refractivity contribution in [1.82, 2.24) is 4.90 Å². The highest BCUT2D eigenvalue weighted by atomic mass is 15.3. The SMILES string of the molecule is CC1(C)CCCN1C1(CN)CCCc2ccccc21. The smallest absolute Gasteiger partial charge is 0.0590 e. The minimum atomic E-state index is 0.0782. The molecule has 0 radical (unpaired) electrons. The lowest BCUT2D eigenvalue weighted by Gasteiger charge is -2.51. The molecule has 1 aliphatic heterocycles. The molecule has 0 saturated carbocycles. The van der Waals surface area contributed by atoms with Gasteiger partial charge < -0.3 is 5.73 Å². The predicted molar refractivity (Wildman–Crippen MR) is 80.1 cm³/mol. The van der Waals surface area contributed by atoms with E-state index in [1.807, 2.05) is 0 Å². The van der Waals surface area contributed by atoms with Crippen LogP contribution in [0.5, 0.6) is 0 Å². The number of rotatable bonds is 2. The molecule has 2 heteroatoms. The largest absolute Gasteiger partial charge is 0.328 e. The Balaban J connectivity index is 2.10. The number of hydrogen-bond donors (Lipinski definition) is 1. The molecule has 0 spiro atoms. The van der Waals surface area contributed by atoms with Crippen molar-refractivity contribution in [3.8, 4) is 0 Å². The quantitative estimate of drug-likeness (QED) is 0.883. The molecule has 0 aromatic heterocycles. The molecule has 1 heterocycles. The zero-order chi connectivity index (χ0) is 13.5. The first-order valence-corrected chi connectivity index (χ1v) is 7.66. The average molecular weight is 258 g/mol. The predicted octanol–water partition coefficient (Wildman–Crippen LogP) is 3.05. The summed E-state index contributed by atoms with van der Waals surface area (Å²) in [6, 6.07) is 8.95. The molecule has 3 rings (SSSR count). The molecule has 0 bridgehead atoms. The van der Waals surface area contributed by atoms with Gasteiger partial charge in [-0.3, -0.25) is 4.90 Å². The summed E-state index contributed by atoms with van der Waals surface area (Å²) in [5.74, 6) is 0. The van der Waals surface area contributed by atoms with Crippen LogP contribution in [0.1, 0.15) is 50.7 Å². The van der Waals surface area contributed by atoms with Gasteiger partial charge in [0.2, 0.25) is 0 Å². The summed E-state index contributed by atoms with van der Waals surface area (Å²) >= 11 is 0. The molecule has 2 nitrogen and oxygen atoms in total. The van der Waals surface area contributed by atoms with E-state index in [1.54, 1.807) is 0 Å². The van der Waals surface area contributed by atoms with E-state index in [9.17, 15) is 0 Å². The van der Waals surface area contributed by atoms with Crippen LogP contribution in [0.15, 0.2) is 24.3 Å². The minimum absolute atomic E-state index is 0.0782. The monoisotopic (exact) mass is 258 g/mol. The summed E-state index contributed by atoms with van der Waals surface area (Å²) in [7, 11) is 0. The summed E-state index contributed by atoms with van der Waals surface area (Å²) in [5, 5.41) is 0. The van der Waals surface area contributed by atoms with Gasteiger partial charge in [-0.15, -0.1) is 0 Å². The highest BCUT2D eigenvalue weighted by Crippen LogP contribution is 2.46. The number of fused-ring (bicyclic) bond motifs is 1. The average Bonchev–Trinajstić information content (AvgIpc) is 2.78. The maximum atomic E-state index is 6.31. The van der Waals surface area contributed by atoms with Gasteiger partial charge in [-0.25, -0.2) is 0 Å². The molecular formula is C17H26N2. The van der Waals surface area contributed by atoms with E-state index in [2.05, 4.69) is 43.0 Å². The lowest BCUT2D eigenvalue weighted by Crippen LogP contribution is -2.58. The molecular weight excluding hydrogens is 232 g/mol. The minimum Gasteiger partial charge on any atom is -0.328 e. The number of nitrogens with zero attached hydrogens (tertiary/aromatic N) is 1. The second-order valence-corrected chi connectivity index (χ2v) is 6.81. The van der Waals surface area contributed by atoms with Crippen molar-refractivity contribution in [3.05, 3.63) is 35.4 Å². The second-order valence-electron chi connectivity index (χ2n) is 6.81. The molecule has 2 aliphatic rings. The van der Waals surface area contributed by atoms with Crippen molar-refractivity contribution >= 4 is 0 Å². The van der Waals surface area contributed by atoms with Gasteiger partial charge in [0.25, 0.3) is 0 Å². The maximum Gasteiger partial charge on any atom is 0.0590 e. The van der Waals surface area contributed by atoms with Crippen LogP contribution in [0.3, 0.4) is 0 Å². The highest BCUT2D eigenvalue weighted by molar-refractivity contribution is 5.37. The van der Waals surface area contributed by atoms with Crippen LogP contribution in [-0.2, 0) is 12.0 Å². The van der Waals surface area contributed by atoms with Gasteiger partial charge in [0.1, 0.15) is 0 Å². The van der Waals surface area contributed by atoms with Crippen molar-refractivity contribution in [3.63, 3.8) is 0 Å². The maximum absolute atomic E-state index is 6.31. The molecule has 104 valence electrons. The molecule has 1 saturated heterocycles. The van der Waals surface area contributed by atoms with Crippen LogP contribution in [0.2, 0.25) is 0 Å². The zero-order valence-corrected chi connectivity index (χ0v) is 12.3. The molecule has 1 aliphatic carbocycles. The van der Waals surface area contributed by atoms with Crippen molar-refractivity contribution in [2.24, 2.45) is 5.73 Å². The molecule has 1 unspecified atom stereocenters. The molecule has 19 heavy (non-hydrogen) atoms. The number of nitrogens with two attached hydrogens (primary N) is 1. The highest BCUT2D eigenvalue weighted by Gasteiger charge is 2.48. The Morgan fingerprint density at radius 3 is 2.63 bits per heavy atom. The molecule has 1 aromatic rings. The summed E-state index contributed by atoms with van der Waals surface area (Å²) in [6.07, 6.45) is 6.28.